The highest BCUT2D eigenvalue weighted by Gasteiger charge is 2.31. The molecule has 1 N–H and O–H groups in total. The molecule has 2 aromatic carbocycles. The van der Waals surface area contributed by atoms with Crippen LogP contribution in [0.5, 0.6) is 0 Å². The average Bonchev–Trinajstić information content (AvgIpc) is 2.75. The van der Waals surface area contributed by atoms with E-state index in [2.05, 4.69) is 12.2 Å². The third-order valence-electron chi connectivity index (χ3n) is 5.55. The van der Waals surface area contributed by atoms with Gasteiger partial charge in [0.2, 0.25) is 15.9 Å². The minimum Gasteiger partial charge on any atom is -0.326 e. The van der Waals surface area contributed by atoms with Gasteiger partial charge in [-0.05, 0) is 49.4 Å². The van der Waals surface area contributed by atoms with Gasteiger partial charge in [0.25, 0.3) is 0 Å². The van der Waals surface area contributed by atoms with Gasteiger partial charge in [-0.2, -0.15) is 0 Å². The second-order valence-electron chi connectivity index (χ2n) is 7.81. The number of hydrogen-bond donors (Lipinski definition) is 1. The quantitative estimate of drug-likeness (QED) is 0.674. The molecule has 162 valence electrons. The third-order valence-corrected chi connectivity index (χ3v) is 7.38. The fraction of sp³-hybridized carbons (Fsp3) is 0.435. The molecule has 0 atom stereocenters. The van der Waals surface area contributed by atoms with Crippen molar-refractivity contribution in [1.82, 2.24) is 4.31 Å². The van der Waals surface area contributed by atoms with E-state index in [1.54, 1.807) is 6.07 Å². The van der Waals surface area contributed by atoms with Crippen LogP contribution >= 0.6 is 0 Å². The highest BCUT2D eigenvalue weighted by atomic mass is 32.2. The van der Waals surface area contributed by atoms with Gasteiger partial charge in [-0.25, -0.2) is 17.1 Å². The molecule has 0 bridgehead atoms. The number of anilines is 1. The number of piperidine rings is 1. The molecule has 0 saturated carbocycles. The number of carbonyl (C=O) groups is 1. The lowest BCUT2D eigenvalue weighted by Crippen LogP contribution is -2.42. The topological polar surface area (TPSA) is 66.5 Å². The number of halogens is 1. The molecule has 2 aromatic rings. The second kappa shape index (κ2) is 10.2. The maximum atomic E-state index is 13.8. The molecule has 0 spiro atoms. The van der Waals surface area contributed by atoms with Gasteiger partial charge in [-0.15, -0.1) is 0 Å². The van der Waals surface area contributed by atoms with Crippen LogP contribution in [0.15, 0.2) is 48.5 Å². The van der Waals surface area contributed by atoms with E-state index in [0.29, 0.717) is 12.8 Å². The zero-order chi connectivity index (χ0) is 21.6. The summed E-state index contributed by atoms with van der Waals surface area (Å²) < 4.78 is 40.5. The lowest BCUT2D eigenvalue weighted by molar-refractivity contribution is -0.120. The molecule has 1 heterocycles. The summed E-state index contributed by atoms with van der Waals surface area (Å²) in [5.41, 5.74) is 2.18. The van der Waals surface area contributed by atoms with Crippen molar-refractivity contribution < 1.29 is 17.6 Å². The summed E-state index contributed by atoms with van der Waals surface area (Å²) in [6.07, 6.45) is 4.23. The predicted molar refractivity (Wildman–Crippen MR) is 117 cm³/mol. The van der Waals surface area contributed by atoms with Gasteiger partial charge < -0.3 is 5.32 Å². The maximum absolute atomic E-state index is 13.8. The van der Waals surface area contributed by atoms with Crippen molar-refractivity contribution in [2.75, 3.05) is 18.4 Å². The molecule has 1 fully saturated rings. The first-order valence-electron chi connectivity index (χ1n) is 10.5. The van der Waals surface area contributed by atoms with Gasteiger partial charge in [0.05, 0.1) is 5.75 Å². The number of rotatable bonds is 8. The minimum absolute atomic E-state index is 0.0811. The van der Waals surface area contributed by atoms with E-state index in [9.17, 15) is 17.6 Å². The smallest absolute Gasteiger partial charge is 0.227 e. The van der Waals surface area contributed by atoms with Crippen molar-refractivity contribution in [1.29, 1.82) is 0 Å². The summed E-state index contributed by atoms with van der Waals surface area (Å²) in [7, 11) is -3.62. The highest BCUT2D eigenvalue weighted by Crippen LogP contribution is 2.24. The van der Waals surface area contributed by atoms with Gasteiger partial charge in [0.1, 0.15) is 5.82 Å². The monoisotopic (exact) mass is 432 g/mol. The summed E-state index contributed by atoms with van der Waals surface area (Å²) in [6.45, 7) is 2.70. The van der Waals surface area contributed by atoms with Gasteiger partial charge in [0.15, 0.2) is 0 Å². The summed E-state index contributed by atoms with van der Waals surface area (Å²) in [5, 5.41) is 2.94. The zero-order valence-electron chi connectivity index (χ0n) is 17.3. The Morgan fingerprint density at radius 3 is 2.40 bits per heavy atom. The number of nitrogens with zero attached hydrogens (tertiary/aromatic N) is 1. The van der Waals surface area contributed by atoms with E-state index in [-0.39, 0.29) is 36.2 Å². The number of benzene rings is 2. The fourth-order valence-electron chi connectivity index (χ4n) is 3.68. The largest absolute Gasteiger partial charge is 0.326 e. The Bertz CT molecular complexity index is 953. The number of carbonyl (C=O) groups excluding carboxylic acids is 1. The first kappa shape index (κ1) is 22.4. The maximum Gasteiger partial charge on any atom is 0.227 e. The van der Waals surface area contributed by atoms with Crippen LogP contribution in [-0.4, -0.2) is 31.7 Å². The molecule has 0 unspecified atom stereocenters. The Kier molecular flexibility index (Phi) is 7.61. The van der Waals surface area contributed by atoms with E-state index in [0.717, 1.165) is 24.9 Å². The Balaban J connectivity index is 1.52. The molecule has 0 aliphatic carbocycles. The lowest BCUT2D eigenvalue weighted by Gasteiger charge is -2.30. The molecule has 1 aliphatic rings. The summed E-state index contributed by atoms with van der Waals surface area (Å²) in [4.78, 5) is 12.6. The first-order valence-corrected chi connectivity index (χ1v) is 12.1. The SMILES string of the molecule is CCCCc1ccc(NC(=O)C2CCN(S(=O)(=O)Cc3ccccc3F)CC2)cc1. The summed E-state index contributed by atoms with van der Waals surface area (Å²) in [6, 6.07) is 13.8. The molecular formula is C23H29FN2O3S. The van der Waals surface area contributed by atoms with Crippen molar-refractivity contribution in [3.63, 3.8) is 0 Å². The number of amides is 1. The lowest BCUT2D eigenvalue weighted by atomic mass is 9.97. The number of unbranched alkanes of at least 4 members (excludes halogenated alkanes) is 1. The van der Waals surface area contributed by atoms with E-state index in [1.165, 1.54) is 28.1 Å². The van der Waals surface area contributed by atoms with Gasteiger partial charge >= 0.3 is 0 Å². The molecule has 1 amide bonds. The molecule has 0 aromatic heterocycles. The van der Waals surface area contributed by atoms with Crippen LogP contribution in [0.3, 0.4) is 0 Å². The Hall–Kier alpha value is -2.25. The fourth-order valence-corrected chi connectivity index (χ4v) is 5.26. The Labute approximate surface area is 178 Å². The van der Waals surface area contributed by atoms with E-state index < -0.39 is 15.8 Å². The molecule has 0 radical (unpaired) electrons. The van der Waals surface area contributed by atoms with E-state index in [1.807, 2.05) is 24.3 Å². The minimum atomic E-state index is -3.62. The van der Waals surface area contributed by atoms with Crippen LogP contribution < -0.4 is 5.32 Å². The molecule has 1 aliphatic heterocycles. The van der Waals surface area contributed by atoms with Crippen LogP contribution in [-0.2, 0) is 27.0 Å². The van der Waals surface area contributed by atoms with Crippen molar-refractivity contribution in [3.05, 3.63) is 65.5 Å². The summed E-state index contributed by atoms with van der Waals surface area (Å²) in [5.74, 6) is -1.19. The normalized spacial score (nSPS) is 15.8. The van der Waals surface area contributed by atoms with Gasteiger partial charge in [-0.1, -0.05) is 43.7 Å². The van der Waals surface area contributed by atoms with E-state index in [4.69, 9.17) is 0 Å². The van der Waals surface area contributed by atoms with Crippen molar-refractivity contribution in [2.24, 2.45) is 5.92 Å². The molecule has 3 rings (SSSR count). The standard InChI is InChI=1S/C23H29FN2O3S/c1-2-3-6-18-9-11-21(12-10-18)25-23(27)19-13-15-26(16-14-19)30(28,29)17-20-7-4-5-8-22(20)24/h4-5,7-12,19H,2-3,6,13-17H2,1H3,(H,25,27). The van der Waals surface area contributed by atoms with Crippen LogP contribution in [0.1, 0.15) is 43.7 Å². The predicted octanol–water partition coefficient (Wildman–Crippen LogP) is 4.35. The number of hydrogen-bond acceptors (Lipinski definition) is 3. The first-order chi connectivity index (χ1) is 14.4. The second-order valence-corrected chi connectivity index (χ2v) is 9.78. The van der Waals surface area contributed by atoms with Crippen LogP contribution in [0.4, 0.5) is 10.1 Å². The third kappa shape index (κ3) is 5.89. The molecular weight excluding hydrogens is 403 g/mol. The number of aryl methyl sites for hydroxylation is 1. The number of nitrogens with one attached hydrogen (secondary N) is 1. The highest BCUT2D eigenvalue weighted by molar-refractivity contribution is 7.88. The van der Waals surface area contributed by atoms with Crippen molar-refractivity contribution in [2.45, 2.75) is 44.8 Å². The average molecular weight is 433 g/mol. The van der Waals surface area contributed by atoms with Crippen LogP contribution in [0.2, 0.25) is 0 Å². The van der Waals surface area contributed by atoms with Gasteiger partial charge in [0, 0.05) is 30.3 Å². The van der Waals surface area contributed by atoms with Gasteiger partial charge in [-0.3, -0.25) is 4.79 Å². The zero-order valence-corrected chi connectivity index (χ0v) is 18.1. The Morgan fingerprint density at radius 1 is 1.10 bits per heavy atom. The summed E-state index contributed by atoms with van der Waals surface area (Å²) >= 11 is 0. The molecule has 1 saturated heterocycles. The Morgan fingerprint density at radius 2 is 1.77 bits per heavy atom. The van der Waals surface area contributed by atoms with Crippen LogP contribution in [0, 0.1) is 11.7 Å². The van der Waals surface area contributed by atoms with Crippen LogP contribution in [0.25, 0.3) is 0 Å². The van der Waals surface area contributed by atoms with E-state index >= 15 is 0 Å². The molecule has 30 heavy (non-hydrogen) atoms. The van der Waals surface area contributed by atoms with Crippen molar-refractivity contribution in [3.8, 4) is 0 Å². The number of sulfonamides is 1. The molecule has 5 nitrogen and oxygen atoms in total. The van der Waals surface area contributed by atoms with Crippen molar-refractivity contribution >= 4 is 21.6 Å². The molecule has 7 heteroatoms.